The summed E-state index contributed by atoms with van der Waals surface area (Å²) in [6, 6.07) is 3.59. The topological polar surface area (TPSA) is 90.0 Å². The van der Waals surface area contributed by atoms with Gasteiger partial charge in [-0.2, -0.15) is 5.10 Å². The lowest BCUT2D eigenvalue weighted by Gasteiger charge is -2.07. The van der Waals surface area contributed by atoms with E-state index < -0.39 is 15.8 Å². The van der Waals surface area contributed by atoms with Crippen LogP contribution in [-0.4, -0.2) is 18.2 Å². The van der Waals surface area contributed by atoms with Gasteiger partial charge in [0.2, 0.25) is 0 Å². The Morgan fingerprint density at radius 1 is 1.50 bits per heavy atom. The van der Waals surface area contributed by atoms with E-state index in [1.807, 2.05) is 0 Å². The predicted octanol–water partition coefficient (Wildman–Crippen LogP) is 2.08. The van der Waals surface area contributed by atoms with Gasteiger partial charge in [-0.1, -0.05) is 11.6 Å². The Hall–Kier alpha value is -1.80. The molecular formula is C11H12ClFN4O2S. The van der Waals surface area contributed by atoms with Gasteiger partial charge in [0.05, 0.1) is 10.7 Å². The molecule has 1 aromatic carbocycles. The second-order valence-electron chi connectivity index (χ2n) is 3.97. The number of nitrogens with zero attached hydrogens (tertiary/aromatic N) is 2. The number of rotatable bonds is 4. The Morgan fingerprint density at radius 3 is 2.75 bits per heavy atom. The zero-order chi connectivity index (χ0) is 14.9. The van der Waals surface area contributed by atoms with Crippen molar-refractivity contribution in [2.45, 2.75) is 18.4 Å². The lowest BCUT2D eigenvalue weighted by molar-refractivity contribution is 0.600. The molecule has 0 spiro atoms. The molecule has 20 heavy (non-hydrogen) atoms. The highest BCUT2D eigenvalue weighted by atomic mass is 35.5. The molecule has 1 aromatic heterocycles. The average molecular weight is 319 g/mol. The van der Waals surface area contributed by atoms with E-state index in [0.29, 0.717) is 6.54 Å². The van der Waals surface area contributed by atoms with Crippen molar-refractivity contribution in [2.24, 2.45) is 0 Å². The molecule has 108 valence electrons. The summed E-state index contributed by atoms with van der Waals surface area (Å²) in [4.78, 5) is -0.158. The number of hydrogen-bond acceptors (Lipinski definition) is 4. The molecule has 0 unspecified atom stereocenters. The zero-order valence-electron chi connectivity index (χ0n) is 10.5. The molecule has 0 bridgehead atoms. The molecule has 0 atom stereocenters. The molecule has 2 aromatic rings. The number of halogens is 2. The first kappa shape index (κ1) is 14.6. The molecule has 2 rings (SSSR count). The lowest BCUT2D eigenvalue weighted by Crippen LogP contribution is -2.14. The number of benzene rings is 1. The third-order valence-electron chi connectivity index (χ3n) is 2.54. The Morgan fingerprint density at radius 2 is 2.20 bits per heavy atom. The molecule has 0 saturated heterocycles. The van der Waals surface area contributed by atoms with Gasteiger partial charge in [0.1, 0.15) is 10.7 Å². The highest BCUT2D eigenvalue weighted by Gasteiger charge is 2.21. The van der Waals surface area contributed by atoms with Crippen molar-refractivity contribution in [2.75, 3.05) is 10.5 Å². The number of hydrogen-bond donors (Lipinski definition) is 2. The van der Waals surface area contributed by atoms with Gasteiger partial charge in [-0.3, -0.25) is 9.40 Å². The van der Waals surface area contributed by atoms with Crippen LogP contribution in [0.15, 0.2) is 29.3 Å². The van der Waals surface area contributed by atoms with E-state index >= 15 is 0 Å². The third kappa shape index (κ3) is 2.86. The first-order valence-corrected chi connectivity index (χ1v) is 7.50. The molecule has 9 heteroatoms. The van der Waals surface area contributed by atoms with E-state index in [-0.39, 0.29) is 21.4 Å². The minimum absolute atomic E-state index is 0.0514. The Labute approximate surface area is 120 Å². The van der Waals surface area contributed by atoms with Crippen LogP contribution in [0, 0.1) is 5.82 Å². The molecule has 0 saturated carbocycles. The van der Waals surface area contributed by atoms with Crippen molar-refractivity contribution >= 4 is 33.1 Å². The van der Waals surface area contributed by atoms with Gasteiger partial charge in [-0.25, -0.2) is 12.8 Å². The van der Waals surface area contributed by atoms with Crippen LogP contribution in [0.5, 0.6) is 0 Å². The van der Waals surface area contributed by atoms with Crippen molar-refractivity contribution in [3.8, 4) is 0 Å². The number of aromatic nitrogens is 2. The molecule has 0 amide bonds. The SMILES string of the molecule is CCn1cc(S(=O)(=O)Nc2ccc(Cl)c(F)c2)c(N)n1. The Kier molecular flexibility index (Phi) is 3.87. The summed E-state index contributed by atoms with van der Waals surface area (Å²) in [6.45, 7) is 2.28. The van der Waals surface area contributed by atoms with Gasteiger partial charge in [-0.15, -0.1) is 0 Å². The fourth-order valence-corrected chi connectivity index (χ4v) is 2.80. The first-order chi connectivity index (χ1) is 9.33. The second-order valence-corrected chi connectivity index (χ2v) is 6.03. The van der Waals surface area contributed by atoms with Crippen LogP contribution in [0.2, 0.25) is 5.02 Å². The van der Waals surface area contributed by atoms with Crippen molar-refractivity contribution in [3.63, 3.8) is 0 Å². The third-order valence-corrected chi connectivity index (χ3v) is 4.24. The minimum atomic E-state index is -3.93. The molecule has 0 radical (unpaired) electrons. The van der Waals surface area contributed by atoms with Gasteiger partial charge >= 0.3 is 0 Å². The summed E-state index contributed by atoms with van der Waals surface area (Å²) in [6.07, 6.45) is 1.31. The van der Waals surface area contributed by atoms with Crippen molar-refractivity contribution < 1.29 is 12.8 Å². The number of anilines is 2. The summed E-state index contributed by atoms with van der Waals surface area (Å²) in [5.74, 6) is -0.835. The van der Waals surface area contributed by atoms with Gasteiger partial charge in [-0.05, 0) is 25.1 Å². The van der Waals surface area contributed by atoms with Crippen molar-refractivity contribution in [1.82, 2.24) is 9.78 Å². The number of nitrogens with two attached hydrogens (primary N) is 1. The maximum atomic E-state index is 13.3. The van der Waals surface area contributed by atoms with Crippen molar-refractivity contribution in [3.05, 3.63) is 35.2 Å². The largest absolute Gasteiger partial charge is 0.381 e. The van der Waals surface area contributed by atoms with E-state index in [1.54, 1.807) is 6.92 Å². The molecule has 0 aliphatic heterocycles. The normalized spacial score (nSPS) is 11.6. The quantitative estimate of drug-likeness (QED) is 0.903. The summed E-state index contributed by atoms with van der Waals surface area (Å²) in [5.41, 5.74) is 5.62. The average Bonchev–Trinajstić information content (AvgIpc) is 2.76. The fraction of sp³-hybridized carbons (Fsp3) is 0.182. The summed E-state index contributed by atoms with van der Waals surface area (Å²) >= 11 is 5.53. The second kappa shape index (κ2) is 5.29. The van der Waals surface area contributed by atoms with Gasteiger partial charge < -0.3 is 5.73 Å². The zero-order valence-corrected chi connectivity index (χ0v) is 12.0. The van der Waals surface area contributed by atoms with E-state index in [9.17, 15) is 12.8 Å². The highest BCUT2D eigenvalue weighted by Crippen LogP contribution is 2.23. The van der Waals surface area contributed by atoms with Crippen LogP contribution in [0.1, 0.15) is 6.92 Å². The summed E-state index contributed by atoms with van der Waals surface area (Å²) in [5, 5.41) is 3.76. The number of nitrogens with one attached hydrogen (secondary N) is 1. The van der Waals surface area contributed by atoms with Gasteiger partial charge in [0.15, 0.2) is 5.82 Å². The molecule has 3 N–H and O–H groups in total. The van der Waals surface area contributed by atoms with E-state index in [2.05, 4.69) is 9.82 Å². The maximum absolute atomic E-state index is 13.3. The standard InChI is InChI=1S/C11H12ClFN4O2S/c1-2-17-6-10(11(14)15-17)20(18,19)16-7-3-4-8(12)9(13)5-7/h3-6,16H,2H2,1H3,(H2,14,15). The lowest BCUT2D eigenvalue weighted by atomic mass is 10.3. The Balaban J connectivity index is 2.35. The first-order valence-electron chi connectivity index (χ1n) is 5.64. The van der Waals surface area contributed by atoms with Crippen LogP contribution in [0.4, 0.5) is 15.9 Å². The number of aryl methyl sites for hydroxylation is 1. The monoisotopic (exact) mass is 318 g/mol. The molecule has 0 aliphatic carbocycles. The molecular weight excluding hydrogens is 307 g/mol. The summed E-state index contributed by atoms with van der Waals surface area (Å²) in [7, 11) is -3.93. The smallest absolute Gasteiger partial charge is 0.267 e. The van der Waals surface area contributed by atoms with Crippen LogP contribution in [-0.2, 0) is 16.6 Å². The van der Waals surface area contributed by atoms with Crippen LogP contribution >= 0.6 is 11.6 Å². The van der Waals surface area contributed by atoms with E-state index in [0.717, 1.165) is 6.07 Å². The molecule has 6 nitrogen and oxygen atoms in total. The molecule has 1 heterocycles. The van der Waals surface area contributed by atoms with Crippen LogP contribution < -0.4 is 10.5 Å². The fourth-order valence-electron chi connectivity index (χ4n) is 1.56. The minimum Gasteiger partial charge on any atom is -0.381 e. The number of sulfonamides is 1. The molecule has 0 fully saturated rings. The predicted molar refractivity (Wildman–Crippen MR) is 74.5 cm³/mol. The van der Waals surface area contributed by atoms with Crippen molar-refractivity contribution in [1.29, 1.82) is 0 Å². The highest BCUT2D eigenvalue weighted by molar-refractivity contribution is 7.92. The van der Waals surface area contributed by atoms with Gasteiger partial charge in [0.25, 0.3) is 10.0 Å². The van der Waals surface area contributed by atoms with Crippen LogP contribution in [0.3, 0.4) is 0 Å². The molecule has 0 aliphatic rings. The maximum Gasteiger partial charge on any atom is 0.267 e. The van der Waals surface area contributed by atoms with Gasteiger partial charge in [0, 0.05) is 12.7 Å². The van der Waals surface area contributed by atoms with E-state index in [4.69, 9.17) is 17.3 Å². The van der Waals surface area contributed by atoms with E-state index in [1.165, 1.54) is 23.0 Å². The summed E-state index contributed by atoms with van der Waals surface area (Å²) < 4.78 is 41.2. The van der Waals surface area contributed by atoms with Crippen LogP contribution in [0.25, 0.3) is 0 Å². The number of nitrogen functional groups attached to an aromatic ring is 1. The Bertz CT molecular complexity index is 745.